The van der Waals surface area contributed by atoms with E-state index < -0.39 is 0 Å². The van der Waals surface area contributed by atoms with Crippen molar-refractivity contribution in [1.82, 2.24) is 10.6 Å². The number of amides is 2. The molecule has 0 rings (SSSR count). The molecule has 2 N–H and O–H groups in total. The maximum absolute atomic E-state index is 10.7. The molecular formula is C10H18N2O. The average Bonchev–Trinajstić information content (AvgIpc) is 2.20. The average molecular weight is 182 g/mol. The summed E-state index contributed by atoms with van der Waals surface area (Å²) in [6.45, 7) is 11.0. The molecule has 0 aromatic carbocycles. The molecule has 0 aromatic heterocycles. The van der Waals surface area contributed by atoms with Crippen LogP contribution >= 0.6 is 0 Å². The van der Waals surface area contributed by atoms with Crippen LogP contribution in [0.15, 0.2) is 37.1 Å². The molecule has 0 aliphatic heterocycles. The van der Waals surface area contributed by atoms with Gasteiger partial charge in [-0.05, 0) is 12.2 Å². The Morgan fingerprint density at radius 3 is 2.15 bits per heavy atom. The zero-order chi connectivity index (χ0) is 10.7. The Labute approximate surface area is 80.2 Å². The number of urea groups is 1. The molecule has 0 aliphatic rings. The van der Waals surface area contributed by atoms with Gasteiger partial charge in [-0.25, -0.2) is 4.79 Å². The van der Waals surface area contributed by atoms with Gasteiger partial charge in [-0.2, -0.15) is 0 Å². The molecule has 0 aliphatic carbocycles. The summed E-state index contributed by atoms with van der Waals surface area (Å²) < 4.78 is 0. The van der Waals surface area contributed by atoms with Gasteiger partial charge in [0.1, 0.15) is 0 Å². The van der Waals surface area contributed by atoms with Crippen LogP contribution in [-0.2, 0) is 0 Å². The predicted octanol–water partition coefficient (Wildman–Crippen LogP) is 2.20. The summed E-state index contributed by atoms with van der Waals surface area (Å²) in [5.74, 6) is 0. The Balaban J connectivity index is 0. The summed E-state index contributed by atoms with van der Waals surface area (Å²) in [6, 6.07) is -0.266. The zero-order valence-corrected chi connectivity index (χ0v) is 8.55. The fourth-order valence-corrected chi connectivity index (χ4v) is 0.481. The molecule has 0 spiro atoms. The number of carbonyl (C=O) groups is 1. The van der Waals surface area contributed by atoms with Gasteiger partial charge in [0, 0.05) is 12.7 Å². The standard InChI is InChI=1S/C8H12N2O.C2H6/c1-4-6-7(5-2)10-8(11)9-3;1-2/h4-6H,1-2H2,3H3,(H2,9,10,11);1-2H3/b7-6+;. The van der Waals surface area contributed by atoms with E-state index in [0.717, 1.165) is 0 Å². The van der Waals surface area contributed by atoms with E-state index in [1.54, 1.807) is 19.2 Å². The van der Waals surface area contributed by atoms with Crippen LogP contribution in [0.2, 0.25) is 0 Å². The number of hydrogen-bond acceptors (Lipinski definition) is 1. The lowest BCUT2D eigenvalue weighted by atomic mass is 10.4. The lowest BCUT2D eigenvalue weighted by Crippen LogP contribution is -2.31. The van der Waals surface area contributed by atoms with Gasteiger partial charge < -0.3 is 10.6 Å². The number of rotatable bonds is 3. The van der Waals surface area contributed by atoms with Gasteiger partial charge in [0.15, 0.2) is 0 Å². The summed E-state index contributed by atoms with van der Waals surface area (Å²) in [5, 5.41) is 4.95. The second-order valence-electron chi connectivity index (χ2n) is 1.77. The summed E-state index contributed by atoms with van der Waals surface area (Å²) in [4.78, 5) is 10.7. The maximum Gasteiger partial charge on any atom is 0.318 e. The van der Waals surface area contributed by atoms with Gasteiger partial charge in [0.2, 0.25) is 0 Å². The Morgan fingerprint density at radius 1 is 1.31 bits per heavy atom. The quantitative estimate of drug-likeness (QED) is 0.645. The van der Waals surface area contributed by atoms with Crippen LogP contribution in [0.3, 0.4) is 0 Å². The van der Waals surface area contributed by atoms with E-state index in [0.29, 0.717) is 5.70 Å². The Kier molecular flexibility index (Phi) is 11.3. The second-order valence-corrected chi connectivity index (χ2v) is 1.77. The maximum atomic E-state index is 10.7. The highest BCUT2D eigenvalue weighted by Crippen LogP contribution is 1.89. The number of carbonyl (C=O) groups excluding carboxylic acids is 1. The monoisotopic (exact) mass is 182 g/mol. The summed E-state index contributed by atoms with van der Waals surface area (Å²) in [5.41, 5.74) is 0.624. The third-order valence-electron chi connectivity index (χ3n) is 1.00. The molecule has 0 radical (unpaired) electrons. The van der Waals surface area contributed by atoms with Crippen LogP contribution in [0.25, 0.3) is 0 Å². The first kappa shape index (κ1) is 14.0. The van der Waals surface area contributed by atoms with Crippen LogP contribution < -0.4 is 10.6 Å². The number of allylic oxidation sites excluding steroid dienone is 3. The fourth-order valence-electron chi connectivity index (χ4n) is 0.481. The molecule has 74 valence electrons. The van der Waals surface area contributed by atoms with Crippen molar-refractivity contribution in [1.29, 1.82) is 0 Å². The number of hydrogen-bond donors (Lipinski definition) is 2. The second kappa shape index (κ2) is 10.5. The molecule has 0 saturated carbocycles. The highest BCUT2D eigenvalue weighted by Gasteiger charge is 1.94. The van der Waals surface area contributed by atoms with Crippen molar-refractivity contribution in [2.24, 2.45) is 0 Å². The molecule has 0 unspecified atom stereocenters. The van der Waals surface area contributed by atoms with Crippen molar-refractivity contribution in [3.63, 3.8) is 0 Å². The topological polar surface area (TPSA) is 41.1 Å². The van der Waals surface area contributed by atoms with Crippen LogP contribution in [0.4, 0.5) is 4.79 Å². The van der Waals surface area contributed by atoms with Crippen molar-refractivity contribution in [2.75, 3.05) is 7.05 Å². The molecule has 0 fully saturated rings. The Morgan fingerprint density at radius 2 is 1.85 bits per heavy atom. The van der Waals surface area contributed by atoms with Crippen molar-refractivity contribution >= 4 is 6.03 Å². The van der Waals surface area contributed by atoms with Gasteiger partial charge in [0.25, 0.3) is 0 Å². The van der Waals surface area contributed by atoms with E-state index in [1.165, 1.54) is 6.08 Å². The van der Waals surface area contributed by atoms with Gasteiger partial charge in [-0.1, -0.05) is 33.1 Å². The van der Waals surface area contributed by atoms with Gasteiger partial charge in [-0.3, -0.25) is 0 Å². The first-order valence-electron chi connectivity index (χ1n) is 4.18. The van der Waals surface area contributed by atoms with Crippen molar-refractivity contribution in [3.8, 4) is 0 Å². The molecule has 2 amide bonds. The van der Waals surface area contributed by atoms with E-state index in [-0.39, 0.29) is 6.03 Å². The van der Waals surface area contributed by atoms with Crippen molar-refractivity contribution < 1.29 is 4.79 Å². The molecule has 0 bridgehead atoms. The van der Waals surface area contributed by atoms with Gasteiger partial charge in [0.05, 0.1) is 0 Å². The molecule has 0 heterocycles. The minimum atomic E-state index is -0.266. The van der Waals surface area contributed by atoms with Crippen molar-refractivity contribution in [2.45, 2.75) is 13.8 Å². The van der Waals surface area contributed by atoms with E-state index in [4.69, 9.17) is 0 Å². The molecule has 3 heteroatoms. The van der Waals surface area contributed by atoms with Gasteiger partial charge >= 0.3 is 6.03 Å². The lowest BCUT2D eigenvalue weighted by molar-refractivity contribution is 0.245. The molecule has 0 saturated heterocycles. The Hall–Kier alpha value is -1.51. The van der Waals surface area contributed by atoms with Crippen LogP contribution in [0.1, 0.15) is 13.8 Å². The normalized spacial score (nSPS) is 9.00. The first-order valence-corrected chi connectivity index (χ1v) is 4.18. The third kappa shape index (κ3) is 8.40. The Bertz CT molecular complexity index is 195. The molecule has 13 heavy (non-hydrogen) atoms. The highest BCUT2D eigenvalue weighted by atomic mass is 16.2. The van der Waals surface area contributed by atoms with E-state index in [1.807, 2.05) is 13.8 Å². The molecule has 0 atom stereocenters. The summed E-state index contributed by atoms with van der Waals surface area (Å²) in [7, 11) is 1.55. The SMILES string of the molecule is C=C/C=C(\C=C)NC(=O)NC.CC. The lowest BCUT2D eigenvalue weighted by Gasteiger charge is -2.02. The smallest absolute Gasteiger partial charge is 0.318 e. The highest BCUT2D eigenvalue weighted by molar-refractivity contribution is 5.76. The summed E-state index contributed by atoms with van der Waals surface area (Å²) in [6.07, 6.45) is 4.77. The minimum absolute atomic E-state index is 0.266. The number of nitrogens with one attached hydrogen (secondary N) is 2. The van der Waals surface area contributed by atoms with E-state index >= 15 is 0 Å². The van der Waals surface area contributed by atoms with Crippen LogP contribution in [-0.4, -0.2) is 13.1 Å². The molecular weight excluding hydrogens is 164 g/mol. The van der Waals surface area contributed by atoms with E-state index in [2.05, 4.69) is 23.8 Å². The van der Waals surface area contributed by atoms with E-state index in [9.17, 15) is 4.79 Å². The third-order valence-corrected chi connectivity index (χ3v) is 1.00. The van der Waals surface area contributed by atoms with Gasteiger partial charge in [-0.15, -0.1) is 0 Å². The minimum Gasteiger partial charge on any atom is -0.341 e. The fraction of sp³-hybridized carbons (Fsp3) is 0.300. The summed E-state index contributed by atoms with van der Waals surface area (Å²) >= 11 is 0. The van der Waals surface area contributed by atoms with Crippen molar-refractivity contribution in [3.05, 3.63) is 37.1 Å². The van der Waals surface area contributed by atoms with Crippen LogP contribution in [0, 0.1) is 0 Å². The first-order chi connectivity index (χ1) is 6.24. The molecule has 0 aromatic rings. The largest absolute Gasteiger partial charge is 0.341 e. The zero-order valence-electron chi connectivity index (χ0n) is 8.55. The molecule has 3 nitrogen and oxygen atoms in total. The van der Waals surface area contributed by atoms with Crippen LogP contribution in [0.5, 0.6) is 0 Å². The predicted molar refractivity (Wildman–Crippen MR) is 57.4 cm³/mol.